The first-order valence-electron chi connectivity index (χ1n) is 6.75. The van der Waals surface area contributed by atoms with Gasteiger partial charge < -0.3 is 10.3 Å². The van der Waals surface area contributed by atoms with Crippen molar-refractivity contribution in [1.82, 2.24) is 4.57 Å². The predicted octanol–water partition coefficient (Wildman–Crippen LogP) is 4.90. The average molecular weight is 294 g/mol. The molecule has 1 heterocycles. The largest absolute Gasteiger partial charge is 0.399 e. The Bertz CT molecular complexity index is 545. The SMILES string of the molecule is CC.CCCn1c(C2=CC(N)=CCC=C2)csc1=S. The fourth-order valence-corrected chi connectivity index (χ4v) is 2.96. The second-order valence-corrected chi connectivity index (χ2v) is 5.48. The number of aromatic nitrogens is 1. The molecule has 19 heavy (non-hydrogen) atoms. The number of rotatable bonds is 3. The van der Waals surface area contributed by atoms with Gasteiger partial charge >= 0.3 is 0 Å². The van der Waals surface area contributed by atoms with Gasteiger partial charge in [-0.05, 0) is 31.1 Å². The molecule has 4 heteroatoms. The zero-order valence-corrected chi connectivity index (χ0v) is 13.5. The Balaban J connectivity index is 0.000000861. The number of nitrogens with two attached hydrogens (primary N) is 1. The van der Waals surface area contributed by atoms with Crippen LogP contribution in [0.2, 0.25) is 0 Å². The van der Waals surface area contributed by atoms with E-state index in [0.717, 1.165) is 34.6 Å². The lowest BCUT2D eigenvalue weighted by Crippen LogP contribution is -2.02. The third-order valence-corrected chi connectivity index (χ3v) is 3.91. The Labute approximate surface area is 125 Å². The number of nitrogens with zero attached hydrogens (tertiary/aromatic N) is 1. The highest BCUT2D eigenvalue weighted by atomic mass is 32.1. The molecule has 0 radical (unpaired) electrons. The average Bonchev–Trinajstić information content (AvgIpc) is 2.64. The molecule has 2 rings (SSSR count). The Kier molecular flexibility index (Phi) is 6.81. The molecule has 0 saturated carbocycles. The van der Waals surface area contributed by atoms with E-state index in [2.05, 4.69) is 29.0 Å². The second-order valence-electron chi connectivity index (χ2n) is 3.98. The molecule has 0 bridgehead atoms. The molecule has 1 aromatic heterocycles. The maximum absolute atomic E-state index is 5.91. The van der Waals surface area contributed by atoms with Crippen LogP contribution in [0.5, 0.6) is 0 Å². The fourth-order valence-electron chi connectivity index (χ4n) is 1.84. The fraction of sp³-hybridized carbons (Fsp3) is 0.400. The van der Waals surface area contributed by atoms with E-state index in [-0.39, 0.29) is 0 Å². The minimum atomic E-state index is 0.824. The van der Waals surface area contributed by atoms with E-state index in [0.29, 0.717) is 0 Å². The van der Waals surface area contributed by atoms with Crippen LogP contribution in [0.3, 0.4) is 0 Å². The molecule has 0 aliphatic heterocycles. The topological polar surface area (TPSA) is 30.9 Å². The van der Waals surface area contributed by atoms with Crippen molar-refractivity contribution in [3.8, 4) is 0 Å². The van der Waals surface area contributed by atoms with Crippen LogP contribution in [0, 0.1) is 3.95 Å². The summed E-state index contributed by atoms with van der Waals surface area (Å²) in [6.45, 7) is 7.13. The minimum absolute atomic E-state index is 0.824. The van der Waals surface area contributed by atoms with Crippen LogP contribution in [-0.4, -0.2) is 4.57 Å². The molecular formula is C15H22N2S2. The maximum atomic E-state index is 5.91. The molecule has 0 atom stereocenters. The van der Waals surface area contributed by atoms with E-state index < -0.39 is 0 Å². The number of allylic oxidation sites excluding steroid dienone is 5. The molecule has 2 N–H and O–H groups in total. The number of thiazole rings is 1. The van der Waals surface area contributed by atoms with E-state index in [1.165, 1.54) is 5.69 Å². The smallest absolute Gasteiger partial charge is 0.161 e. The first-order valence-corrected chi connectivity index (χ1v) is 8.03. The molecule has 104 valence electrons. The van der Waals surface area contributed by atoms with Crippen LogP contribution in [-0.2, 0) is 6.54 Å². The van der Waals surface area contributed by atoms with Gasteiger partial charge in [-0.25, -0.2) is 0 Å². The standard InChI is InChI=1S/C13H16N2S2.C2H6/c1-2-7-15-12(9-17-13(15)16)10-5-3-4-6-11(14)8-10;1-2/h3,5-6,8-9H,2,4,7,14H2,1H3;1-2H3. The molecule has 0 amide bonds. The first kappa shape index (κ1) is 15.9. The van der Waals surface area contributed by atoms with Crippen LogP contribution < -0.4 is 5.73 Å². The summed E-state index contributed by atoms with van der Waals surface area (Å²) in [6.07, 6.45) is 10.3. The summed E-state index contributed by atoms with van der Waals surface area (Å²) in [4.78, 5) is 0. The summed E-state index contributed by atoms with van der Waals surface area (Å²) in [5.74, 6) is 0. The van der Waals surface area contributed by atoms with Crippen LogP contribution in [0.15, 0.2) is 35.4 Å². The lowest BCUT2D eigenvalue weighted by molar-refractivity contribution is 0.672. The van der Waals surface area contributed by atoms with Gasteiger partial charge in [0.1, 0.15) is 0 Å². The molecule has 0 spiro atoms. The Morgan fingerprint density at radius 3 is 2.84 bits per heavy atom. The summed E-state index contributed by atoms with van der Waals surface area (Å²) in [5, 5.41) is 2.12. The van der Waals surface area contributed by atoms with Crippen molar-refractivity contribution in [2.75, 3.05) is 0 Å². The molecule has 0 saturated heterocycles. The number of hydrogen-bond donors (Lipinski definition) is 1. The van der Waals surface area contributed by atoms with Gasteiger partial charge in [0, 0.05) is 23.2 Å². The third-order valence-electron chi connectivity index (χ3n) is 2.63. The molecular weight excluding hydrogens is 272 g/mol. The van der Waals surface area contributed by atoms with Crippen LogP contribution >= 0.6 is 23.6 Å². The van der Waals surface area contributed by atoms with Gasteiger partial charge in [-0.1, -0.05) is 39.0 Å². The van der Waals surface area contributed by atoms with Gasteiger partial charge in [0.05, 0.1) is 5.69 Å². The van der Waals surface area contributed by atoms with E-state index in [9.17, 15) is 0 Å². The van der Waals surface area contributed by atoms with E-state index in [1.54, 1.807) is 11.3 Å². The summed E-state index contributed by atoms with van der Waals surface area (Å²) < 4.78 is 3.12. The summed E-state index contributed by atoms with van der Waals surface area (Å²) >= 11 is 6.97. The van der Waals surface area contributed by atoms with E-state index in [4.69, 9.17) is 18.0 Å². The monoisotopic (exact) mass is 294 g/mol. The second kappa shape index (κ2) is 8.12. The van der Waals surface area contributed by atoms with Gasteiger partial charge in [-0.2, -0.15) is 0 Å². The van der Waals surface area contributed by atoms with E-state index >= 15 is 0 Å². The highest BCUT2D eigenvalue weighted by Gasteiger charge is 2.08. The zero-order valence-electron chi connectivity index (χ0n) is 11.8. The molecule has 0 unspecified atom stereocenters. The molecule has 1 aromatic rings. The van der Waals surface area contributed by atoms with Crippen molar-refractivity contribution < 1.29 is 0 Å². The van der Waals surface area contributed by atoms with Gasteiger partial charge in [0.2, 0.25) is 0 Å². The zero-order chi connectivity index (χ0) is 14.3. The molecule has 0 fully saturated rings. The van der Waals surface area contributed by atoms with Crippen LogP contribution in [0.25, 0.3) is 5.57 Å². The van der Waals surface area contributed by atoms with Gasteiger partial charge in [0.15, 0.2) is 3.95 Å². The van der Waals surface area contributed by atoms with Crippen molar-refractivity contribution in [3.05, 3.63) is 45.0 Å². The highest BCUT2D eigenvalue weighted by Crippen LogP contribution is 2.24. The lowest BCUT2D eigenvalue weighted by atomic mass is 10.1. The van der Waals surface area contributed by atoms with E-state index in [1.807, 2.05) is 26.0 Å². The quantitative estimate of drug-likeness (QED) is 0.804. The summed E-state index contributed by atoms with van der Waals surface area (Å²) in [6, 6.07) is 0. The minimum Gasteiger partial charge on any atom is -0.399 e. The summed E-state index contributed by atoms with van der Waals surface area (Å²) in [5.41, 5.74) is 9.06. The highest BCUT2D eigenvalue weighted by molar-refractivity contribution is 7.73. The third kappa shape index (κ3) is 4.18. The van der Waals surface area contributed by atoms with Crippen molar-refractivity contribution in [1.29, 1.82) is 0 Å². The lowest BCUT2D eigenvalue weighted by Gasteiger charge is -2.07. The van der Waals surface area contributed by atoms with Crippen molar-refractivity contribution in [2.45, 2.75) is 40.2 Å². The van der Waals surface area contributed by atoms with Crippen molar-refractivity contribution in [2.24, 2.45) is 5.73 Å². The Morgan fingerprint density at radius 1 is 1.42 bits per heavy atom. The maximum Gasteiger partial charge on any atom is 0.161 e. The number of hydrogen-bond acceptors (Lipinski definition) is 3. The first-order chi connectivity index (χ1) is 9.22. The Morgan fingerprint density at radius 2 is 2.16 bits per heavy atom. The summed E-state index contributed by atoms with van der Waals surface area (Å²) in [7, 11) is 0. The van der Waals surface area contributed by atoms with Gasteiger partial charge in [0.25, 0.3) is 0 Å². The van der Waals surface area contributed by atoms with Gasteiger partial charge in [-0.15, -0.1) is 11.3 Å². The van der Waals surface area contributed by atoms with Crippen molar-refractivity contribution >= 4 is 29.1 Å². The van der Waals surface area contributed by atoms with Gasteiger partial charge in [-0.3, -0.25) is 0 Å². The van der Waals surface area contributed by atoms with Crippen molar-refractivity contribution in [3.63, 3.8) is 0 Å². The van der Waals surface area contributed by atoms with Crippen LogP contribution in [0.1, 0.15) is 39.3 Å². The molecule has 1 aliphatic rings. The predicted molar refractivity (Wildman–Crippen MR) is 88.8 cm³/mol. The Hall–Kier alpha value is -1.13. The molecule has 2 nitrogen and oxygen atoms in total. The molecule has 0 aromatic carbocycles. The molecule has 1 aliphatic carbocycles. The van der Waals surface area contributed by atoms with Crippen LogP contribution in [0.4, 0.5) is 0 Å². The normalized spacial score (nSPS) is 14.1.